The number of urea groups is 1. The molecule has 3 N–H and O–H groups in total. The molecule has 0 spiro atoms. The van der Waals surface area contributed by atoms with Crippen LogP contribution in [0.25, 0.3) is 0 Å². The third-order valence-electron chi connectivity index (χ3n) is 5.71. The normalized spacial score (nSPS) is 27.6. The topological polar surface area (TPSA) is 73.5 Å². The standard InChI is InChI=1S/C17H30N4O2.ClH/c22-16(12-19-17(23)20-15-4-2-1-3-5-15)21-8-6-13-10-18-11-14(13)7-9-21;/h13-15,18H,1-12H2,(H2,19,20,23);1H/t13-,14+;. The van der Waals surface area contributed by atoms with Crippen LogP contribution in [0.15, 0.2) is 0 Å². The highest BCUT2D eigenvalue weighted by Crippen LogP contribution is 2.27. The first kappa shape index (κ1) is 19.3. The Labute approximate surface area is 150 Å². The minimum Gasteiger partial charge on any atom is -0.341 e. The van der Waals surface area contributed by atoms with Gasteiger partial charge >= 0.3 is 6.03 Å². The van der Waals surface area contributed by atoms with E-state index in [2.05, 4.69) is 16.0 Å². The average molecular weight is 359 g/mol. The second-order valence-electron chi connectivity index (χ2n) is 7.30. The fraction of sp³-hybridized carbons (Fsp3) is 0.882. The van der Waals surface area contributed by atoms with Crippen molar-refractivity contribution in [1.82, 2.24) is 20.9 Å². The minimum atomic E-state index is -0.193. The van der Waals surface area contributed by atoms with Crippen LogP contribution < -0.4 is 16.0 Å². The second kappa shape index (κ2) is 9.47. The molecular weight excluding hydrogens is 328 g/mol. The summed E-state index contributed by atoms with van der Waals surface area (Å²) in [6, 6.07) is 0.0880. The molecule has 6 nitrogen and oxygen atoms in total. The van der Waals surface area contributed by atoms with E-state index in [0.717, 1.165) is 63.7 Å². The number of carbonyl (C=O) groups is 2. The second-order valence-corrected chi connectivity index (χ2v) is 7.30. The number of fused-ring (bicyclic) bond motifs is 1. The van der Waals surface area contributed by atoms with Crippen LogP contribution >= 0.6 is 12.4 Å². The Balaban J connectivity index is 0.00000208. The lowest BCUT2D eigenvalue weighted by Crippen LogP contribution is -2.47. The quantitative estimate of drug-likeness (QED) is 0.715. The summed E-state index contributed by atoms with van der Waals surface area (Å²) in [5, 5.41) is 9.18. The maximum absolute atomic E-state index is 12.3. The molecule has 0 unspecified atom stereocenters. The predicted molar refractivity (Wildman–Crippen MR) is 96.3 cm³/mol. The van der Waals surface area contributed by atoms with Gasteiger partial charge in [-0.2, -0.15) is 0 Å². The Bertz CT molecular complexity index is 415. The van der Waals surface area contributed by atoms with E-state index in [1.54, 1.807) is 0 Å². The Kier molecular flexibility index (Phi) is 7.62. The average Bonchev–Trinajstić information content (AvgIpc) is 2.92. The molecule has 3 rings (SSSR count). The van der Waals surface area contributed by atoms with Gasteiger partial charge in [-0.05, 0) is 50.6 Å². The van der Waals surface area contributed by atoms with Gasteiger partial charge in [0.05, 0.1) is 6.54 Å². The summed E-state index contributed by atoms with van der Waals surface area (Å²) in [7, 11) is 0. The molecule has 2 heterocycles. The molecule has 3 aliphatic rings. The molecule has 138 valence electrons. The zero-order valence-electron chi connectivity index (χ0n) is 14.4. The molecule has 0 aromatic rings. The highest BCUT2D eigenvalue weighted by Gasteiger charge is 2.31. The molecule has 2 atom stereocenters. The molecule has 1 aliphatic carbocycles. The number of halogens is 1. The highest BCUT2D eigenvalue weighted by atomic mass is 35.5. The van der Waals surface area contributed by atoms with E-state index in [9.17, 15) is 9.59 Å². The third-order valence-corrected chi connectivity index (χ3v) is 5.71. The van der Waals surface area contributed by atoms with Gasteiger partial charge in [-0.1, -0.05) is 19.3 Å². The molecule has 7 heteroatoms. The van der Waals surface area contributed by atoms with Crippen LogP contribution in [0.5, 0.6) is 0 Å². The number of hydrogen-bond donors (Lipinski definition) is 3. The monoisotopic (exact) mass is 358 g/mol. The maximum atomic E-state index is 12.3. The zero-order chi connectivity index (χ0) is 16.1. The summed E-state index contributed by atoms with van der Waals surface area (Å²) in [4.78, 5) is 26.2. The van der Waals surface area contributed by atoms with Crippen LogP contribution in [0.3, 0.4) is 0 Å². The number of nitrogens with zero attached hydrogens (tertiary/aromatic N) is 1. The van der Waals surface area contributed by atoms with Crippen LogP contribution in [0.2, 0.25) is 0 Å². The minimum absolute atomic E-state index is 0. The van der Waals surface area contributed by atoms with Crippen LogP contribution in [-0.4, -0.2) is 55.6 Å². The molecule has 1 saturated carbocycles. The van der Waals surface area contributed by atoms with Crippen LogP contribution in [-0.2, 0) is 4.79 Å². The Morgan fingerprint density at radius 3 is 2.21 bits per heavy atom. The lowest BCUT2D eigenvalue weighted by molar-refractivity contribution is -0.130. The fourth-order valence-electron chi connectivity index (χ4n) is 4.22. The van der Waals surface area contributed by atoms with Crippen molar-refractivity contribution in [3.63, 3.8) is 0 Å². The van der Waals surface area contributed by atoms with Crippen molar-refractivity contribution in [3.8, 4) is 0 Å². The summed E-state index contributed by atoms with van der Waals surface area (Å²) in [5.74, 6) is 1.49. The van der Waals surface area contributed by atoms with E-state index in [4.69, 9.17) is 0 Å². The first-order chi connectivity index (χ1) is 11.2. The number of nitrogens with one attached hydrogen (secondary N) is 3. The molecular formula is C17H31ClN4O2. The molecule has 0 bridgehead atoms. The maximum Gasteiger partial charge on any atom is 0.315 e. The number of amides is 3. The van der Waals surface area contributed by atoms with Gasteiger partial charge in [0.15, 0.2) is 0 Å². The number of likely N-dealkylation sites (tertiary alicyclic amines) is 1. The molecule has 2 aliphatic heterocycles. The van der Waals surface area contributed by atoms with E-state index in [1.807, 2.05) is 4.90 Å². The van der Waals surface area contributed by atoms with Crippen LogP contribution in [0.4, 0.5) is 4.79 Å². The summed E-state index contributed by atoms with van der Waals surface area (Å²) < 4.78 is 0. The predicted octanol–water partition coefficient (Wildman–Crippen LogP) is 1.50. The SMILES string of the molecule is Cl.O=C(NCC(=O)N1CC[C@@H]2CNC[C@@H]2CC1)NC1CCCCC1. The number of rotatable bonds is 3. The Morgan fingerprint density at radius 1 is 0.958 bits per heavy atom. The van der Waals surface area contributed by atoms with Gasteiger partial charge in [0.2, 0.25) is 5.91 Å². The van der Waals surface area contributed by atoms with Crippen molar-refractivity contribution in [2.24, 2.45) is 11.8 Å². The third kappa shape index (κ3) is 5.24. The molecule has 2 saturated heterocycles. The van der Waals surface area contributed by atoms with Gasteiger partial charge in [0.1, 0.15) is 0 Å². The van der Waals surface area contributed by atoms with Crippen molar-refractivity contribution in [1.29, 1.82) is 0 Å². The van der Waals surface area contributed by atoms with E-state index >= 15 is 0 Å². The van der Waals surface area contributed by atoms with Crippen molar-refractivity contribution in [2.75, 3.05) is 32.7 Å². The van der Waals surface area contributed by atoms with Crippen molar-refractivity contribution >= 4 is 24.3 Å². The number of carbonyl (C=O) groups excluding carboxylic acids is 2. The van der Waals surface area contributed by atoms with Crippen molar-refractivity contribution in [2.45, 2.75) is 51.0 Å². The molecule has 24 heavy (non-hydrogen) atoms. The Morgan fingerprint density at radius 2 is 1.58 bits per heavy atom. The van der Waals surface area contributed by atoms with E-state index < -0.39 is 0 Å². The van der Waals surface area contributed by atoms with E-state index in [1.165, 1.54) is 19.3 Å². The van der Waals surface area contributed by atoms with Crippen LogP contribution in [0, 0.1) is 11.8 Å². The van der Waals surface area contributed by atoms with Gasteiger partial charge in [-0.25, -0.2) is 4.79 Å². The first-order valence-electron chi connectivity index (χ1n) is 9.25. The summed E-state index contributed by atoms with van der Waals surface area (Å²) >= 11 is 0. The lowest BCUT2D eigenvalue weighted by Gasteiger charge is -2.24. The van der Waals surface area contributed by atoms with Crippen LogP contribution in [0.1, 0.15) is 44.9 Å². The largest absolute Gasteiger partial charge is 0.341 e. The highest BCUT2D eigenvalue weighted by molar-refractivity contribution is 5.85. The lowest BCUT2D eigenvalue weighted by atomic mass is 9.92. The van der Waals surface area contributed by atoms with Gasteiger partial charge in [-0.15, -0.1) is 12.4 Å². The Hall–Kier alpha value is -1.01. The smallest absolute Gasteiger partial charge is 0.315 e. The molecule has 3 amide bonds. The summed E-state index contributed by atoms with van der Waals surface area (Å²) in [6.45, 7) is 3.96. The van der Waals surface area contributed by atoms with E-state index in [-0.39, 0.29) is 36.9 Å². The van der Waals surface area contributed by atoms with Gasteiger partial charge in [-0.3, -0.25) is 4.79 Å². The molecule has 0 aromatic heterocycles. The summed E-state index contributed by atoms with van der Waals surface area (Å²) in [6.07, 6.45) is 7.93. The summed E-state index contributed by atoms with van der Waals surface area (Å²) in [5.41, 5.74) is 0. The van der Waals surface area contributed by atoms with Gasteiger partial charge in [0.25, 0.3) is 0 Å². The first-order valence-corrected chi connectivity index (χ1v) is 9.25. The van der Waals surface area contributed by atoms with Gasteiger partial charge in [0, 0.05) is 19.1 Å². The molecule has 3 fully saturated rings. The van der Waals surface area contributed by atoms with E-state index in [0.29, 0.717) is 0 Å². The molecule has 0 aromatic carbocycles. The van der Waals surface area contributed by atoms with Crippen molar-refractivity contribution < 1.29 is 9.59 Å². The van der Waals surface area contributed by atoms with Gasteiger partial charge < -0.3 is 20.9 Å². The fourth-order valence-corrected chi connectivity index (χ4v) is 4.22. The van der Waals surface area contributed by atoms with Crippen molar-refractivity contribution in [3.05, 3.63) is 0 Å². The zero-order valence-corrected chi connectivity index (χ0v) is 15.2. The molecule has 0 radical (unpaired) electrons. The number of hydrogen-bond acceptors (Lipinski definition) is 3.